The van der Waals surface area contributed by atoms with E-state index < -0.39 is 0 Å². The second-order valence-corrected chi connectivity index (χ2v) is 5.04. The zero-order valence-corrected chi connectivity index (χ0v) is 12.6. The Kier molecular flexibility index (Phi) is 5.13. The van der Waals surface area contributed by atoms with Crippen molar-refractivity contribution in [1.82, 2.24) is 4.98 Å². The molecule has 1 aromatic heterocycles. The third kappa shape index (κ3) is 2.98. The first-order valence-electron chi connectivity index (χ1n) is 7.42. The summed E-state index contributed by atoms with van der Waals surface area (Å²) in [5, 5.41) is 19.8. The molecule has 0 bridgehead atoms. The van der Waals surface area contributed by atoms with Gasteiger partial charge in [0.25, 0.3) is 0 Å². The van der Waals surface area contributed by atoms with Gasteiger partial charge in [-0.15, -0.1) is 0 Å². The van der Waals surface area contributed by atoms with Crippen LogP contribution in [0.3, 0.4) is 0 Å². The number of nitrogens with zero attached hydrogens (tertiary/aromatic N) is 3. The molecule has 0 radical (unpaired) electrons. The summed E-state index contributed by atoms with van der Waals surface area (Å²) in [6.45, 7) is 4.86. The summed E-state index contributed by atoms with van der Waals surface area (Å²) in [6.07, 6.45) is 3.57. The number of rotatable bonds is 6. The molecule has 1 aromatic carbocycles. The van der Waals surface area contributed by atoms with Gasteiger partial charge in [-0.25, -0.2) is 0 Å². The number of anilines is 1. The molecule has 1 N–H and O–H groups in total. The normalized spacial score (nSPS) is 10.8. The molecule has 0 fully saturated rings. The minimum Gasteiger partial charge on any atom is -0.395 e. The SMILES string of the molecule is CCC(CC)N(CCO)c1c(C#N)cnc2ccccc12. The number of aliphatic hydroxyl groups excluding tert-OH is 1. The van der Waals surface area contributed by atoms with Gasteiger partial charge >= 0.3 is 0 Å². The topological polar surface area (TPSA) is 60.1 Å². The third-order valence-corrected chi connectivity index (χ3v) is 3.88. The molecule has 0 aliphatic heterocycles. The van der Waals surface area contributed by atoms with Gasteiger partial charge in [0.15, 0.2) is 0 Å². The second kappa shape index (κ2) is 7.05. The van der Waals surface area contributed by atoms with Crippen molar-refractivity contribution in [3.8, 4) is 6.07 Å². The maximum atomic E-state index is 9.44. The molecule has 0 aliphatic rings. The summed E-state index contributed by atoms with van der Waals surface area (Å²) in [5.41, 5.74) is 2.33. The Bertz CT molecular complexity index is 644. The Balaban J connectivity index is 2.67. The van der Waals surface area contributed by atoms with Gasteiger partial charge in [0, 0.05) is 24.2 Å². The highest BCUT2D eigenvalue weighted by Gasteiger charge is 2.21. The van der Waals surface area contributed by atoms with Crippen molar-refractivity contribution in [1.29, 1.82) is 5.26 Å². The number of fused-ring (bicyclic) bond motifs is 1. The molecule has 2 aromatic rings. The van der Waals surface area contributed by atoms with Crippen molar-refractivity contribution in [2.75, 3.05) is 18.1 Å². The molecule has 4 nitrogen and oxygen atoms in total. The lowest BCUT2D eigenvalue weighted by atomic mass is 10.0. The lowest BCUT2D eigenvalue weighted by Gasteiger charge is -2.33. The van der Waals surface area contributed by atoms with Gasteiger partial charge in [0.1, 0.15) is 6.07 Å². The van der Waals surface area contributed by atoms with Crippen molar-refractivity contribution in [2.24, 2.45) is 0 Å². The largest absolute Gasteiger partial charge is 0.395 e. The highest BCUT2D eigenvalue weighted by molar-refractivity contribution is 5.94. The van der Waals surface area contributed by atoms with E-state index in [-0.39, 0.29) is 6.61 Å². The molecule has 0 amide bonds. The van der Waals surface area contributed by atoms with Crippen molar-refractivity contribution in [3.63, 3.8) is 0 Å². The Labute approximate surface area is 125 Å². The van der Waals surface area contributed by atoms with Crippen LogP contribution in [0.25, 0.3) is 10.9 Å². The first kappa shape index (κ1) is 15.3. The number of aliphatic hydroxyl groups is 1. The molecule has 110 valence electrons. The Hall–Kier alpha value is -2.12. The summed E-state index contributed by atoms with van der Waals surface area (Å²) in [7, 11) is 0. The van der Waals surface area contributed by atoms with E-state index in [9.17, 15) is 10.4 Å². The summed E-state index contributed by atoms with van der Waals surface area (Å²) >= 11 is 0. The summed E-state index contributed by atoms with van der Waals surface area (Å²) < 4.78 is 0. The number of hydrogen-bond acceptors (Lipinski definition) is 4. The van der Waals surface area contributed by atoms with E-state index in [2.05, 4.69) is 29.8 Å². The number of pyridine rings is 1. The van der Waals surface area contributed by atoms with E-state index in [1.165, 1.54) is 0 Å². The first-order chi connectivity index (χ1) is 10.3. The molecular formula is C17H21N3O. The molecule has 4 heteroatoms. The fraction of sp³-hybridized carbons (Fsp3) is 0.412. The average Bonchev–Trinajstić information content (AvgIpc) is 2.54. The van der Waals surface area contributed by atoms with Crippen LogP contribution in [-0.2, 0) is 0 Å². The molecule has 0 saturated carbocycles. The standard InChI is InChI=1S/C17H21N3O/c1-3-14(4-2)20(9-10-21)17-13(11-18)12-19-16-8-6-5-7-15(16)17/h5-8,12,14,21H,3-4,9-10H2,1-2H3. The number of benzene rings is 1. The van der Waals surface area contributed by atoms with E-state index in [0.29, 0.717) is 18.2 Å². The predicted molar refractivity (Wildman–Crippen MR) is 85.3 cm³/mol. The quantitative estimate of drug-likeness (QED) is 0.885. The Morgan fingerprint density at radius 2 is 2.00 bits per heavy atom. The van der Waals surface area contributed by atoms with Gasteiger partial charge in [-0.3, -0.25) is 4.98 Å². The molecule has 0 atom stereocenters. The molecule has 0 saturated heterocycles. The molecule has 2 rings (SSSR count). The minimum atomic E-state index is 0.0675. The zero-order valence-electron chi connectivity index (χ0n) is 12.6. The molecular weight excluding hydrogens is 262 g/mol. The predicted octanol–water partition coefficient (Wildman–Crippen LogP) is 3.09. The van der Waals surface area contributed by atoms with Gasteiger partial charge < -0.3 is 10.0 Å². The molecule has 0 spiro atoms. The second-order valence-electron chi connectivity index (χ2n) is 5.04. The maximum Gasteiger partial charge on any atom is 0.103 e. The van der Waals surface area contributed by atoms with Crippen LogP contribution in [0.5, 0.6) is 0 Å². The fourth-order valence-electron chi connectivity index (χ4n) is 2.83. The van der Waals surface area contributed by atoms with Crippen molar-refractivity contribution < 1.29 is 5.11 Å². The van der Waals surface area contributed by atoms with Gasteiger partial charge in [0.05, 0.1) is 23.4 Å². The van der Waals surface area contributed by atoms with Crippen LogP contribution >= 0.6 is 0 Å². The van der Waals surface area contributed by atoms with Crippen LogP contribution in [0.4, 0.5) is 5.69 Å². The smallest absolute Gasteiger partial charge is 0.103 e. The zero-order chi connectivity index (χ0) is 15.2. The van der Waals surface area contributed by atoms with Crippen molar-refractivity contribution >= 4 is 16.6 Å². The number of para-hydroxylation sites is 1. The number of hydrogen-bond donors (Lipinski definition) is 1. The molecule has 0 unspecified atom stereocenters. The van der Waals surface area contributed by atoms with Crippen molar-refractivity contribution in [2.45, 2.75) is 32.7 Å². The van der Waals surface area contributed by atoms with Gasteiger partial charge in [0.2, 0.25) is 0 Å². The van der Waals surface area contributed by atoms with Gasteiger partial charge in [-0.2, -0.15) is 5.26 Å². The number of nitriles is 1. The lowest BCUT2D eigenvalue weighted by Crippen LogP contribution is -2.37. The molecule has 21 heavy (non-hydrogen) atoms. The fourth-order valence-corrected chi connectivity index (χ4v) is 2.83. The van der Waals surface area contributed by atoms with Crippen LogP contribution in [0.1, 0.15) is 32.3 Å². The molecule has 1 heterocycles. The highest BCUT2D eigenvalue weighted by Crippen LogP contribution is 2.31. The lowest BCUT2D eigenvalue weighted by molar-refractivity contribution is 0.296. The van der Waals surface area contributed by atoms with Crippen LogP contribution < -0.4 is 4.90 Å². The summed E-state index contributed by atoms with van der Waals surface area (Å²) in [5.74, 6) is 0. The summed E-state index contributed by atoms with van der Waals surface area (Å²) in [4.78, 5) is 6.51. The van der Waals surface area contributed by atoms with Gasteiger partial charge in [-0.1, -0.05) is 32.0 Å². The number of aromatic nitrogens is 1. The Morgan fingerprint density at radius 1 is 1.29 bits per heavy atom. The third-order valence-electron chi connectivity index (χ3n) is 3.88. The van der Waals surface area contributed by atoms with Crippen LogP contribution in [0.15, 0.2) is 30.5 Å². The monoisotopic (exact) mass is 283 g/mol. The minimum absolute atomic E-state index is 0.0675. The Morgan fingerprint density at radius 3 is 2.62 bits per heavy atom. The van der Waals surface area contributed by atoms with Crippen LogP contribution in [0, 0.1) is 11.3 Å². The highest BCUT2D eigenvalue weighted by atomic mass is 16.3. The van der Waals surface area contributed by atoms with E-state index in [1.807, 2.05) is 24.3 Å². The maximum absolute atomic E-state index is 9.44. The average molecular weight is 283 g/mol. The van der Waals surface area contributed by atoms with E-state index in [4.69, 9.17) is 0 Å². The van der Waals surface area contributed by atoms with Crippen molar-refractivity contribution in [3.05, 3.63) is 36.0 Å². The van der Waals surface area contributed by atoms with E-state index in [1.54, 1.807) is 6.20 Å². The first-order valence-corrected chi connectivity index (χ1v) is 7.42. The summed E-state index contributed by atoms with van der Waals surface area (Å²) in [6, 6.07) is 10.4. The van der Waals surface area contributed by atoms with E-state index >= 15 is 0 Å². The van der Waals surface area contributed by atoms with E-state index in [0.717, 1.165) is 29.4 Å². The van der Waals surface area contributed by atoms with Gasteiger partial charge in [-0.05, 0) is 18.9 Å². The van der Waals surface area contributed by atoms with Crippen LogP contribution in [0.2, 0.25) is 0 Å². The van der Waals surface area contributed by atoms with Crippen LogP contribution in [-0.4, -0.2) is 29.3 Å². The molecule has 0 aliphatic carbocycles.